The molecule has 0 saturated carbocycles. The van der Waals surface area contributed by atoms with Gasteiger partial charge >= 0.3 is 11.9 Å². The molecule has 0 bridgehead atoms. The highest BCUT2D eigenvalue weighted by Gasteiger charge is 2.34. The average Bonchev–Trinajstić information content (AvgIpc) is 2.95. The van der Waals surface area contributed by atoms with Crippen LogP contribution in [0.3, 0.4) is 0 Å². The van der Waals surface area contributed by atoms with Crippen molar-refractivity contribution in [2.75, 3.05) is 26.2 Å². The van der Waals surface area contributed by atoms with Gasteiger partial charge in [0.2, 0.25) is 5.91 Å². The topological polar surface area (TPSA) is 116 Å². The lowest BCUT2D eigenvalue weighted by Gasteiger charge is -2.36. The molecular weight excluding hydrogens is 510 g/mol. The van der Waals surface area contributed by atoms with E-state index >= 15 is 0 Å². The molecule has 1 saturated heterocycles. The second kappa shape index (κ2) is 14.2. The maximum absolute atomic E-state index is 13.5. The Morgan fingerprint density at radius 1 is 0.975 bits per heavy atom. The summed E-state index contributed by atoms with van der Waals surface area (Å²) in [5.41, 5.74) is 2.91. The van der Waals surface area contributed by atoms with Gasteiger partial charge in [0.25, 0.3) is 0 Å². The predicted octanol–water partition coefficient (Wildman–Crippen LogP) is 3.06. The number of hydrogen-bond donors (Lipinski definition) is 2. The summed E-state index contributed by atoms with van der Waals surface area (Å²) in [5.74, 6) is -1.57. The lowest BCUT2D eigenvalue weighted by Crippen LogP contribution is -2.54. The third-order valence-electron chi connectivity index (χ3n) is 7.81. The molecular formula is C31H39N3O6. The molecule has 40 heavy (non-hydrogen) atoms. The molecule has 2 aliphatic rings. The molecule has 1 fully saturated rings. The zero-order chi connectivity index (χ0) is 28.5. The van der Waals surface area contributed by atoms with Crippen molar-refractivity contribution in [2.45, 2.75) is 70.2 Å². The van der Waals surface area contributed by atoms with E-state index in [0.29, 0.717) is 70.4 Å². The standard InChI is InChI=1S/C31H39N3O6/c1-22(35)40-26-13-17-33(18-14-26)19-15-27(31(38)39)32-30(37)28-20-24-10-5-6-11-25(24)21-34(28)16-7-12-29(36)23-8-3-2-4-9-23/h2-6,8-11,26-28H,7,12-21H2,1H3,(H,32,37)(H,38,39)/t27?,28-/m0/s1. The fourth-order valence-electron chi connectivity index (χ4n) is 5.60. The molecule has 9 nitrogen and oxygen atoms in total. The zero-order valence-corrected chi connectivity index (χ0v) is 23.1. The van der Waals surface area contributed by atoms with Crippen LogP contribution in [0.25, 0.3) is 0 Å². The number of carbonyl (C=O) groups is 4. The highest BCUT2D eigenvalue weighted by atomic mass is 16.5. The number of Topliss-reactive ketones (excluding diaryl/α,β-unsaturated/α-hetero) is 1. The summed E-state index contributed by atoms with van der Waals surface area (Å²) < 4.78 is 5.28. The monoisotopic (exact) mass is 549 g/mol. The molecule has 1 unspecified atom stereocenters. The predicted molar refractivity (Wildman–Crippen MR) is 150 cm³/mol. The van der Waals surface area contributed by atoms with Crippen molar-refractivity contribution in [2.24, 2.45) is 0 Å². The van der Waals surface area contributed by atoms with E-state index in [0.717, 1.165) is 11.1 Å². The fourth-order valence-corrected chi connectivity index (χ4v) is 5.60. The van der Waals surface area contributed by atoms with Crippen LogP contribution < -0.4 is 5.32 Å². The summed E-state index contributed by atoms with van der Waals surface area (Å²) in [6, 6.07) is 15.7. The molecule has 2 aromatic carbocycles. The van der Waals surface area contributed by atoms with Crippen LogP contribution in [0.2, 0.25) is 0 Å². The summed E-state index contributed by atoms with van der Waals surface area (Å²) >= 11 is 0. The summed E-state index contributed by atoms with van der Waals surface area (Å²) in [5, 5.41) is 12.7. The number of carbonyl (C=O) groups excluding carboxylic acids is 3. The number of benzene rings is 2. The number of ether oxygens (including phenoxy) is 1. The SMILES string of the molecule is CC(=O)OC1CCN(CCC(NC(=O)[C@@H]2Cc3ccccc3CN2CCCC(=O)c2ccccc2)C(=O)O)CC1. The Morgan fingerprint density at radius 3 is 2.33 bits per heavy atom. The van der Waals surface area contributed by atoms with Gasteiger partial charge in [0.05, 0.1) is 6.04 Å². The maximum atomic E-state index is 13.5. The first kappa shape index (κ1) is 29.4. The minimum atomic E-state index is -1.06. The Hall–Kier alpha value is -3.56. The number of amides is 1. The van der Waals surface area contributed by atoms with Crippen LogP contribution in [-0.2, 0) is 32.1 Å². The first-order valence-electron chi connectivity index (χ1n) is 14.1. The van der Waals surface area contributed by atoms with Gasteiger partial charge in [-0.3, -0.25) is 19.3 Å². The molecule has 0 aliphatic carbocycles. The van der Waals surface area contributed by atoms with E-state index in [1.54, 1.807) is 0 Å². The van der Waals surface area contributed by atoms with Crippen LogP contribution in [0.1, 0.15) is 60.5 Å². The van der Waals surface area contributed by atoms with Crippen LogP contribution in [0, 0.1) is 0 Å². The highest BCUT2D eigenvalue weighted by molar-refractivity contribution is 5.96. The molecule has 0 aromatic heterocycles. The molecule has 0 radical (unpaired) electrons. The summed E-state index contributed by atoms with van der Waals surface area (Å²) in [6.45, 7) is 4.49. The van der Waals surface area contributed by atoms with Gasteiger partial charge < -0.3 is 20.1 Å². The van der Waals surface area contributed by atoms with E-state index in [4.69, 9.17) is 4.74 Å². The van der Waals surface area contributed by atoms with Crippen molar-refractivity contribution in [3.05, 3.63) is 71.3 Å². The molecule has 2 heterocycles. The smallest absolute Gasteiger partial charge is 0.326 e. The Balaban J connectivity index is 1.34. The van der Waals surface area contributed by atoms with Crippen LogP contribution in [0.4, 0.5) is 0 Å². The minimum Gasteiger partial charge on any atom is -0.480 e. The van der Waals surface area contributed by atoms with Gasteiger partial charge in [0, 0.05) is 45.1 Å². The first-order chi connectivity index (χ1) is 19.3. The van der Waals surface area contributed by atoms with Crippen molar-refractivity contribution in [3.8, 4) is 0 Å². The third kappa shape index (κ3) is 8.22. The second-order valence-electron chi connectivity index (χ2n) is 10.7. The molecule has 214 valence electrons. The number of ketones is 1. The normalized spacial score (nSPS) is 18.9. The van der Waals surface area contributed by atoms with E-state index < -0.39 is 18.1 Å². The summed E-state index contributed by atoms with van der Waals surface area (Å²) in [6.07, 6.45) is 3.10. The van der Waals surface area contributed by atoms with Crippen molar-refractivity contribution in [1.82, 2.24) is 15.1 Å². The molecule has 2 aromatic rings. The number of aliphatic carboxylic acids is 1. The highest BCUT2D eigenvalue weighted by Crippen LogP contribution is 2.24. The van der Waals surface area contributed by atoms with Crippen LogP contribution in [0.5, 0.6) is 0 Å². The van der Waals surface area contributed by atoms with Gasteiger partial charge in [0.15, 0.2) is 5.78 Å². The molecule has 2 atom stereocenters. The van der Waals surface area contributed by atoms with E-state index in [-0.39, 0.29) is 30.2 Å². The van der Waals surface area contributed by atoms with Crippen molar-refractivity contribution >= 4 is 23.6 Å². The largest absolute Gasteiger partial charge is 0.480 e. The quantitative estimate of drug-likeness (QED) is 0.307. The van der Waals surface area contributed by atoms with E-state index in [2.05, 4.69) is 21.2 Å². The van der Waals surface area contributed by atoms with Gasteiger partial charge in [-0.2, -0.15) is 0 Å². The van der Waals surface area contributed by atoms with E-state index in [1.165, 1.54) is 6.92 Å². The van der Waals surface area contributed by atoms with E-state index in [9.17, 15) is 24.3 Å². The van der Waals surface area contributed by atoms with Crippen molar-refractivity contribution in [1.29, 1.82) is 0 Å². The number of esters is 1. The number of nitrogens with zero attached hydrogens (tertiary/aromatic N) is 2. The third-order valence-corrected chi connectivity index (χ3v) is 7.81. The minimum absolute atomic E-state index is 0.0711. The Morgan fingerprint density at radius 2 is 1.65 bits per heavy atom. The molecule has 0 spiro atoms. The van der Waals surface area contributed by atoms with Gasteiger partial charge in [0.1, 0.15) is 12.1 Å². The average molecular weight is 550 g/mol. The van der Waals surface area contributed by atoms with Crippen LogP contribution in [0.15, 0.2) is 54.6 Å². The zero-order valence-electron chi connectivity index (χ0n) is 23.1. The molecule has 2 aliphatic heterocycles. The number of carboxylic acid groups (broad SMARTS) is 1. The number of carboxylic acids is 1. The second-order valence-corrected chi connectivity index (χ2v) is 10.7. The lowest BCUT2D eigenvalue weighted by molar-refractivity contribution is -0.148. The van der Waals surface area contributed by atoms with Gasteiger partial charge in [-0.25, -0.2) is 4.79 Å². The van der Waals surface area contributed by atoms with Crippen molar-refractivity contribution in [3.63, 3.8) is 0 Å². The Bertz CT molecular complexity index is 1180. The van der Waals surface area contributed by atoms with Crippen molar-refractivity contribution < 1.29 is 29.0 Å². The summed E-state index contributed by atoms with van der Waals surface area (Å²) in [7, 11) is 0. The van der Waals surface area contributed by atoms with Gasteiger partial charge in [-0.1, -0.05) is 54.6 Å². The number of hydrogen-bond acceptors (Lipinski definition) is 7. The number of piperidine rings is 1. The van der Waals surface area contributed by atoms with Gasteiger partial charge in [-0.05, 0) is 49.8 Å². The first-order valence-corrected chi connectivity index (χ1v) is 14.1. The Kier molecular flexibility index (Phi) is 10.4. The molecule has 9 heteroatoms. The molecule has 2 N–H and O–H groups in total. The van der Waals surface area contributed by atoms with E-state index in [1.807, 2.05) is 48.5 Å². The number of likely N-dealkylation sites (tertiary alicyclic amines) is 1. The molecule has 4 rings (SSSR count). The number of nitrogens with one attached hydrogen (secondary N) is 1. The van der Waals surface area contributed by atoms with Crippen LogP contribution in [-0.4, -0.2) is 82.9 Å². The fraction of sp³-hybridized carbons (Fsp3) is 0.484. The van der Waals surface area contributed by atoms with Gasteiger partial charge in [-0.15, -0.1) is 0 Å². The molecule has 1 amide bonds. The summed E-state index contributed by atoms with van der Waals surface area (Å²) in [4.78, 5) is 53.6. The number of rotatable bonds is 12. The number of fused-ring (bicyclic) bond motifs is 1. The Labute approximate surface area is 235 Å². The maximum Gasteiger partial charge on any atom is 0.326 e. The van der Waals surface area contributed by atoms with Crippen LogP contribution >= 0.6 is 0 Å². The lowest BCUT2D eigenvalue weighted by atomic mass is 9.92.